The largest absolute Gasteiger partial charge is 0.481 e. The Labute approximate surface area is 148 Å². The molecule has 0 atom stereocenters. The van der Waals surface area contributed by atoms with E-state index in [1.54, 1.807) is 0 Å². The summed E-state index contributed by atoms with van der Waals surface area (Å²) in [5, 5.41) is 11.7. The molecular weight excluding hydrogens is 320 g/mol. The summed E-state index contributed by atoms with van der Waals surface area (Å²) in [6.45, 7) is 3.19. The molecule has 6 nitrogen and oxygen atoms in total. The normalized spacial score (nSPS) is 15.0. The van der Waals surface area contributed by atoms with E-state index in [0.717, 1.165) is 18.4 Å². The van der Waals surface area contributed by atoms with Crippen LogP contribution in [-0.2, 0) is 9.59 Å². The molecule has 0 unspecified atom stereocenters. The second kappa shape index (κ2) is 9.20. The molecule has 0 spiro atoms. The van der Waals surface area contributed by atoms with Crippen LogP contribution in [0.15, 0.2) is 24.3 Å². The predicted octanol–water partition coefficient (Wildman–Crippen LogP) is 2.36. The third kappa shape index (κ3) is 5.89. The Hall–Kier alpha value is -2.37. The van der Waals surface area contributed by atoms with Crippen LogP contribution in [0, 0.1) is 6.92 Å². The Morgan fingerprint density at radius 2 is 1.76 bits per heavy atom. The fraction of sp³-hybridized carbons (Fsp3) is 0.526. The fourth-order valence-electron chi connectivity index (χ4n) is 3.07. The Morgan fingerprint density at radius 3 is 2.40 bits per heavy atom. The van der Waals surface area contributed by atoms with Gasteiger partial charge in [-0.25, -0.2) is 0 Å². The van der Waals surface area contributed by atoms with Crippen molar-refractivity contribution in [2.24, 2.45) is 0 Å². The minimum atomic E-state index is -0.822. The summed E-state index contributed by atoms with van der Waals surface area (Å²) in [7, 11) is 0. The van der Waals surface area contributed by atoms with E-state index >= 15 is 0 Å². The van der Waals surface area contributed by atoms with Gasteiger partial charge < -0.3 is 15.3 Å². The second-order valence-electron chi connectivity index (χ2n) is 6.54. The number of carbonyl (C=O) groups is 3. The molecule has 2 N–H and O–H groups in total. The lowest BCUT2D eigenvalue weighted by molar-refractivity contribution is -0.137. The van der Waals surface area contributed by atoms with Crippen LogP contribution in [0.4, 0.5) is 0 Å². The number of carboxylic acid groups (broad SMARTS) is 1. The highest BCUT2D eigenvalue weighted by Gasteiger charge is 2.24. The molecular formula is C19H26N2O4. The van der Waals surface area contributed by atoms with Crippen molar-refractivity contribution in [1.82, 2.24) is 10.2 Å². The Kier molecular flexibility index (Phi) is 6.98. The van der Waals surface area contributed by atoms with Gasteiger partial charge >= 0.3 is 5.97 Å². The van der Waals surface area contributed by atoms with Gasteiger partial charge in [-0.15, -0.1) is 0 Å². The van der Waals surface area contributed by atoms with E-state index in [-0.39, 0.29) is 24.3 Å². The number of carbonyl (C=O) groups excluding carboxylic acids is 2. The van der Waals surface area contributed by atoms with Crippen LogP contribution in [0.2, 0.25) is 0 Å². The number of hydrogen-bond donors (Lipinski definition) is 2. The van der Waals surface area contributed by atoms with Gasteiger partial charge in [0.25, 0.3) is 5.91 Å². The third-order valence-corrected chi connectivity index (χ3v) is 4.60. The number of piperidine rings is 1. The number of amides is 2. The molecule has 6 heteroatoms. The molecule has 0 aliphatic carbocycles. The first kappa shape index (κ1) is 19.0. The zero-order valence-electron chi connectivity index (χ0n) is 14.7. The molecule has 1 fully saturated rings. The van der Waals surface area contributed by atoms with Crippen LogP contribution >= 0.6 is 0 Å². The number of benzene rings is 1. The van der Waals surface area contributed by atoms with Gasteiger partial charge in [-0.3, -0.25) is 14.4 Å². The van der Waals surface area contributed by atoms with E-state index in [2.05, 4.69) is 5.32 Å². The first-order chi connectivity index (χ1) is 12.0. The van der Waals surface area contributed by atoms with Crippen molar-refractivity contribution in [2.75, 3.05) is 13.1 Å². The van der Waals surface area contributed by atoms with Crippen molar-refractivity contribution in [1.29, 1.82) is 0 Å². The standard InChI is InChI=1S/C19H26N2O4/c1-14-6-2-3-7-16(14)19(25)20-15-10-12-21(13-11-15)17(22)8-4-5-9-18(23)24/h2-3,6-7,15H,4-5,8-13H2,1H3,(H,20,25)(H,23,24). The van der Waals surface area contributed by atoms with Crippen LogP contribution in [0.5, 0.6) is 0 Å². The molecule has 0 bridgehead atoms. The number of carboxylic acids is 1. The van der Waals surface area contributed by atoms with Gasteiger partial charge in [0.05, 0.1) is 0 Å². The Morgan fingerprint density at radius 1 is 1.12 bits per heavy atom. The van der Waals surface area contributed by atoms with Crippen molar-refractivity contribution in [2.45, 2.75) is 51.5 Å². The maximum atomic E-state index is 12.3. The molecule has 25 heavy (non-hydrogen) atoms. The van der Waals surface area contributed by atoms with Gasteiger partial charge in [-0.1, -0.05) is 18.2 Å². The summed E-state index contributed by atoms with van der Waals surface area (Å²) in [5.41, 5.74) is 1.65. The molecule has 1 aliphatic heterocycles. The first-order valence-corrected chi connectivity index (χ1v) is 8.83. The van der Waals surface area contributed by atoms with Gasteiger partial charge in [0.1, 0.15) is 0 Å². The summed E-state index contributed by atoms with van der Waals surface area (Å²) >= 11 is 0. The van der Waals surface area contributed by atoms with E-state index in [0.29, 0.717) is 37.9 Å². The fourth-order valence-corrected chi connectivity index (χ4v) is 3.07. The van der Waals surface area contributed by atoms with Gasteiger partial charge in [0.2, 0.25) is 5.91 Å². The Balaban J connectivity index is 1.72. The lowest BCUT2D eigenvalue weighted by atomic mass is 10.0. The number of unbranched alkanes of at least 4 members (excludes halogenated alkanes) is 1. The highest BCUT2D eigenvalue weighted by Crippen LogP contribution is 2.14. The molecule has 0 aromatic heterocycles. The maximum absolute atomic E-state index is 12.3. The smallest absolute Gasteiger partial charge is 0.303 e. The van der Waals surface area contributed by atoms with Gasteiger partial charge in [0.15, 0.2) is 0 Å². The minimum Gasteiger partial charge on any atom is -0.481 e. The van der Waals surface area contributed by atoms with Crippen molar-refractivity contribution < 1.29 is 19.5 Å². The van der Waals surface area contributed by atoms with Crippen LogP contribution in [0.1, 0.15) is 54.4 Å². The third-order valence-electron chi connectivity index (χ3n) is 4.60. The number of aryl methyl sites for hydroxylation is 1. The van der Waals surface area contributed by atoms with Gasteiger partial charge in [-0.05, 0) is 44.2 Å². The molecule has 136 valence electrons. The molecule has 2 rings (SSSR count). The van der Waals surface area contributed by atoms with Crippen molar-refractivity contribution in [3.63, 3.8) is 0 Å². The molecule has 1 aliphatic rings. The summed E-state index contributed by atoms with van der Waals surface area (Å²) < 4.78 is 0. The lowest BCUT2D eigenvalue weighted by Crippen LogP contribution is -2.46. The van der Waals surface area contributed by atoms with E-state index in [1.165, 1.54) is 0 Å². The average molecular weight is 346 g/mol. The predicted molar refractivity (Wildman–Crippen MR) is 94.4 cm³/mol. The SMILES string of the molecule is Cc1ccccc1C(=O)NC1CCN(C(=O)CCCCC(=O)O)CC1. The monoisotopic (exact) mass is 346 g/mol. The highest BCUT2D eigenvalue weighted by molar-refractivity contribution is 5.95. The molecule has 1 aromatic rings. The van der Waals surface area contributed by atoms with E-state index in [4.69, 9.17) is 5.11 Å². The first-order valence-electron chi connectivity index (χ1n) is 8.83. The number of nitrogens with one attached hydrogen (secondary N) is 1. The van der Waals surface area contributed by atoms with Crippen LogP contribution < -0.4 is 5.32 Å². The average Bonchev–Trinajstić information content (AvgIpc) is 2.59. The zero-order valence-corrected chi connectivity index (χ0v) is 14.7. The second-order valence-corrected chi connectivity index (χ2v) is 6.54. The lowest BCUT2D eigenvalue weighted by Gasteiger charge is -2.32. The minimum absolute atomic E-state index is 0.0588. The van der Waals surface area contributed by atoms with Crippen LogP contribution in [0.25, 0.3) is 0 Å². The number of likely N-dealkylation sites (tertiary alicyclic amines) is 1. The summed E-state index contributed by atoms with van der Waals surface area (Å²) in [6.07, 6.45) is 3.14. The van der Waals surface area contributed by atoms with E-state index in [9.17, 15) is 14.4 Å². The quantitative estimate of drug-likeness (QED) is 0.742. The number of rotatable bonds is 7. The van der Waals surface area contributed by atoms with Gasteiger partial charge in [-0.2, -0.15) is 0 Å². The molecule has 0 radical (unpaired) electrons. The molecule has 1 saturated heterocycles. The molecule has 0 saturated carbocycles. The summed E-state index contributed by atoms with van der Waals surface area (Å²) in [6, 6.07) is 7.59. The highest BCUT2D eigenvalue weighted by atomic mass is 16.4. The number of hydrogen-bond acceptors (Lipinski definition) is 3. The zero-order chi connectivity index (χ0) is 18.2. The van der Waals surface area contributed by atoms with E-state index < -0.39 is 5.97 Å². The molecule has 2 amide bonds. The molecule has 1 aromatic carbocycles. The maximum Gasteiger partial charge on any atom is 0.303 e. The van der Waals surface area contributed by atoms with Crippen molar-refractivity contribution >= 4 is 17.8 Å². The Bertz CT molecular complexity index is 622. The summed E-state index contributed by atoms with van der Waals surface area (Å²) in [5.74, 6) is -0.803. The van der Waals surface area contributed by atoms with Crippen LogP contribution in [-0.4, -0.2) is 46.9 Å². The number of aliphatic carboxylic acids is 1. The molecule has 1 heterocycles. The van der Waals surface area contributed by atoms with Gasteiger partial charge in [0, 0.05) is 37.5 Å². The van der Waals surface area contributed by atoms with Crippen molar-refractivity contribution in [3.05, 3.63) is 35.4 Å². The summed E-state index contributed by atoms with van der Waals surface area (Å²) in [4.78, 5) is 36.7. The number of nitrogens with zero attached hydrogens (tertiary/aromatic N) is 1. The van der Waals surface area contributed by atoms with Crippen LogP contribution in [0.3, 0.4) is 0 Å². The topological polar surface area (TPSA) is 86.7 Å². The van der Waals surface area contributed by atoms with E-state index in [1.807, 2.05) is 36.1 Å². The van der Waals surface area contributed by atoms with Crippen molar-refractivity contribution in [3.8, 4) is 0 Å².